The minimum atomic E-state index is 0.632. The van der Waals surface area contributed by atoms with Crippen molar-refractivity contribution in [1.82, 2.24) is 19.3 Å². The molecule has 5 heteroatoms. The first-order valence-electron chi connectivity index (χ1n) is 5.38. The minimum Gasteiger partial charge on any atom is -0.330 e. The summed E-state index contributed by atoms with van der Waals surface area (Å²) in [7, 11) is 1.95. The molecule has 0 bridgehead atoms. The maximum atomic E-state index is 5.64. The van der Waals surface area contributed by atoms with Crippen LogP contribution in [0, 0.1) is 13.8 Å². The van der Waals surface area contributed by atoms with Gasteiger partial charge >= 0.3 is 0 Å². The van der Waals surface area contributed by atoms with Gasteiger partial charge < -0.3 is 5.73 Å². The van der Waals surface area contributed by atoms with Gasteiger partial charge in [0, 0.05) is 25.0 Å². The molecule has 0 aromatic carbocycles. The quantitative estimate of drug-likeness (QED) is 0.827. The second kappa shape index (κ2) is 4.09. The van der Waals surface area contributed by atoms with Gasteiger partial charge in [0.1, 0.15) is 11.6 Å². The molecular formula is C11H17N5. The summed E-state index contributed by atoms with van der Waals surface area (Å²) >= 11 is 0. The van der Waals surface area contributed by atoms with Crippen LogP contribution in [0.3, 0.4) is 0 Å². The monoisotopic (exact) mass is 219 g/mol. The number of nitrogens with two attached hydrogens (primary N) is 1. The van der Waals surface area contributed by atoms with Gasteiger partial charge in [-0.1, -0.05) is 0 Å². The maximum absolute atomic E-state index is 5.64. The smallest absolute Gasteiger partial charge is 0.139 e. The van der Waals surface area contributed by atoms with E-state index in [1.54, 1.807) is 6.20 Å². The normalized spacial score (nSPS) is 11.0. The van der Waals surface area contributed by atoms with E-state index < -0.39 is 0 Å². The summed E-state index contributed by atoms with van der Waals surface area (Å²) in [5.41, 5.74) is 7.88. The molecule has 0 aliphatic carbocycles. The molecule has 2 aromatic heterocycles. The van der Waals surface area contributed by atoms with Crippen molar-refractivity contribution in [2.75, 3.05) is 6.54 Å². The number of aryl methyl sites for hydroxylation is 3. The lowest BCUT2D eigenvalue weighted by atomic mass is 10.1. The number of imidazole rings is 1. The standard InChI is InChI=1S/C11H17N5/c1-8-10(4-5-12)11(15(3)14-8)16-7-6-13-9(16)2/h6-7H,4-5,12H2,1-3H3. The number of aromatic nitrogens is 4. The van der Waals surface area contributed by atoms with E-state index in [1.165, 1.54) is 5.56 Å². The SMILES string of the molecule is Cc1nn(C)c(-n2ccnc2C)c1CCN. The van der Waals surface area contributed by atoms with E-state index in [0.717, 1.165) is 23.8 Å². The fourth-order valence-electron chi connectivity index (χ4n) is 2.03. The highest BCUT2D eigenvalue weighted by atomic mass is 15.3. The lowest BCUT2D eigenvalue weighted by Crippen LogP contribution is -2.09. The number of hydrogen-bond donors (Lipinski definition) is 1. The van der Waals surface area contributed by atoms with E-state index in [4.69, 9.17) is 5.73 Å². The molecule has 0 radical (unpaired) electrons. The summed E-state index contributed by atoms with van der Waals surface area (Å²) in [6.45, 7) is 4.63. The van der Waals surface area contributed by atoms with Gasteiger partial charge in [0.05, 0.1) is 5.69 Å². The van der Waals surface area contributed by atoms with Crippen molar-refractivity contribution in [1.29, 1.82) is 0 Å². The van der Waals surface area contributed by atoms with E-state index >= 15 is 0 Å². The van der Waals surface area contributed by atoms with Crippen molar-refractivity contribution in [3.8, 4) is 5.82 Å². The topological polar surface area (TPSA) is 61.7 Å². The minimum absolute atomic E-state index is 0.632. The van der Waals surface area contributed by atoms with Crippen LogP contribution in [-0.2, 0) is 13.5 Å². The molecule has 2 aromatic rings. The summed E-state index contributed by atoms with van der Waals surface area (Å²) < 4.78 is 3.93. The van der Waals surface area contributed by atoms with Crippen LogP contribution in [0.5, 0.6) is 0 Å². The van der Waals surface area contributed by atoms with Crippen LogP contribution in [0.4, 0.5) is 0 Å². The zero-order valence-corrected chi connectivity index (χ0v) is 9.94. The molecule has 2 rings (SSSR count). The Morgan fingerprint density at radius 2 is 2.12 bits per heavy atom. The van der Waals surface area contributed by atoms with Gasteiger partial charge in [-0.15, -0.1) is 0 Å². The molecule has 0 unspecified atom stereocenters. The third-order valence-corrected chi connectivity index (χ3v) is 2.76. The first-order chi connectivity index (χ1) is 7.65. The fraction of sp³-hybridized carbons (Fsp3) is 0.455. The molecule has 2 heterocycles. The fourth-order valence-corrected chi connectivity index (χ4v) is 2.03. The summed E-state index contributed by atoms with van der Waals surface area (Å²) in [5.74, 6) is 2.03. The highest BCUT2D eigenvalue weighted by Gasteiger charge is 2.15. The van der Waals surface area contributed by atoms with Crippen molar-refractivity contribution in [3.63, 3.8) is 0 Å². The molecular weight excluding hydrogens is 202 g/mol. The van der Waals surface area contributed by atoms with Gasteiger partial charge in [0.25, 0.3) is 0 Å². The van der Waals surface area contributed by atoms with E-state index in [1.807, 2.05) is 36.3 Å². The van der Waals surface area contributed by atoms with Gasteiger partial charge in [0.15, 0.2) is 0 Å². The predicted molar refractivity (Wildman–Crippen MR) is 62.6 cm³/mol. The molecule has 0 aliphatic heterocycles. The van der Waals surface area contributed by atoms with Gasteiger partial charge in [0.2, 0.25) is 0 Å². The third kappa shape index (κ3) is 1.63. The van der Waals surface area contributed by atoms with Crippen molar-refractivity contribution < 1.29 is 0 Å². The average Bonchev–Trinajstić information content (AvgIpc) is 2.73. The van der Waals surface area contributed by atoms with E-state index in [0.29, 0.717) is 6.54 Å². The summed E-state index contributed by atoms with van der Waals surface area (Å²) in [4.78, 5) is 4.24. The molecule has 0 saturated carbocycles. The molecule has 16 heavy (non-hydrogen) atoms. The molecule has 0 spiro atoms. The van der Waals surface area contributed by atoms with Crippen LogP contribution in [0.1, 0.15) is 17.1 Å². The van der Waals surface area contributed by atoms with Gasteiger partial charge in [-0.3, -0.25) is 9.25 Å². The summed E-state index contributed by atoms with van der Waals surface area (Å²) in [6.07, 6.45) is 4.59. The Morgan fingerprint density at radius 3 is 2.69 bits per heavy atom. The van der Waals surface area contributed by atoms with Gasteiger partial charge in [-0.2, -0.15) is 5.10 Å². The second-order valence-electron chi connectivity index (χ2n) is 3.89. The predicted octanol–water partition coefficient (Wildman–Crippen LogP) is 0.724. The van der Waals surface area contributed by atoms with Crippen LogP contribution >= 0.6 is 0 Å². The molecule has 0 aliphatic rings. The lowest BCUT2D eigenvalue weighted by Gasteiger charge is -2.08. The van der Waals surface area contributed by atoms with E-state index in [9.17, 15) is 0 Å². The molecule has 0 atom stereocenters. The zero-order chi connectivity index (χ0) is 11.7. The molecule has 5 nitrogen and oxygen atoms in total. The largest absolute Gasteiger partial charge is 0.330 e. The Morgan fingerprint density at radius 1 is 1.38 bits per heavy atom. The zero-order valence-electron chi connectivity index (χ0n) is 9.94. The summed E-state index contributed by atoms with van der Waals surface area (Å²) in [6, 6.07) is 0. The molecule has 2 N–H and O–H groups in total. The molecule has 86 valence electrons. The Labute approximate surface area is 94.9 Å². The number of nitrogens with zero attached hydrogens (tertiary/aromatic N) is 4. The van der Waals surface area contributed by atoms with E-state index in [2.05, 4.69) is 10.1 Å². The highest BCUT2D eigenvalue weighted by molar-refractivity contribution is 5.39. The Hall–Kier alpha value is -1.62. The van der Waals surface area contributed by atoms with Gasteiger partial charge in [-0.25, -0.2) is 4.98 Å². The van der Waals surface area contributed by atoms with Crippen molar-refractivity contribution in [2.24, 2.45) is 12.8 Å². The second-order valence-corrected chi connectivity index (χ2v) is 3.89. The average molecular weight is 219 g/mol. The van der Waals surface area contributed by atoms with Crippen molar-refractivity contribution in [2.45, 2.75) is 20.3 Å². The van der Waals surface area contributed by atoms with Crippen LogP contribution < -0.4 is 5.73 Å². The van der Waals surface area contributed by atoms with Crippen LogP contribution in [-0.4, -0.2) is 25.9 Å². The Bertz CT molecular complexity index is 494. The lowest BCUT2D eigenvalue weighted by molar-refractivity contribution is 0.713. The Balaban J connectivity index is 2.59. The first kappa shape index (κ1) is 10.9. The highest BCUT2D eigenvalue weighted by Crippen LogP contribution is 2.19. The first-order valence-corrected chi connectivity index (χ1v) is 5.38. The van der Waals surface area contributed by atoms with E-state index in [-0.39, 0.29) is 0 Å². The molecule has 0 fully saturated rings. The van der Waals surface area contributed by atoms with Crippen LogP contribution in [0.25, 0.3) is 5.82 Å². The number of hydrogen-bond acceptors (Lipinski definition) is 3. The van der Waals surface area contributed by atoms with Gasteiger partial charge in [-0.05, 0) is 26.8 Å². The third-order valence-electron chi connectivity index (χ3n) is 2.76. The van der Waals surface area contributed by atoms with Crippen LogP contribution in [0.15, 0.2) is 12.4 Å². The molecule has 0 amide bonds. The Kier molecular flexibility index (Phi) is 2.78. The summed E-state index contributed by atoms with van der Waals surface area (Å²) in [5, 5.41) is 4.44. The van der Waals surface area contributed by atoms with Crippen LogP contribution in [0.2, 0.25) is 0 Å². The number of rotatable bonds is 3. The van der Waals surface area contributed by atoms with Crippen molar-refractivity contribution in [3.05, 3.63) is 29.5 Å². The molecule has 0 saturated heterocycles. The maximum Gasteiger partial charge on any atom is 0.139 e. The van der Waals surface area contributed by atoms with Crippen molar-refractivity contribution >= 4 is 0 Å².